The lowest BCUT2D eigenvalue weighted by Crippen LogP contribution is -2.30. The molecule has 2 aromatic rings. The molecule has 0 spiro atoms. The van der Waals surface area contributed by atoms with Gasteiger partial charge in [0.1, 0.15) is 5.82 Å². The molecule has 0 aliphatic rings. The van der Waals surface area contributed by atoms with Gasteiger partial charge in [-0.15, -0.1) is 0 Å². The van der Waals surface area contributed by atoms with Crippen molar-refractivity contribution in [3.05, 3.63) is 47.8 Å². The van der Waals surface area contributed by atoms with E-state index in [0.29, 0.717) is 36.2 Å². The van der Waals surface area contributed by atoms with Gasteiger partial charge in [0.15, 0.2) is 17.5 Å². The molecule has 0 aliphatic carbocycles. The highest BCUT2D eigenvalue weighted by Gasteiger charge is 2.08. The molecule has 27 heavy (non-hydrogen) atoms. The van der Waals surface area contributed by atoms with E-state index in [4.69, 9.17) is 9.47 Å². The Morgan fingerprint density at radius 2 is 1.81 bits per heavy atom. The zero-order chi connectivity index (χ0) is 19.8. The summed E-state index contributed by atoms with van der Waals surface area (Å²) in [5, 5.41) is 6.40. The van der Waals surface area contributed by atoms with Crippen molar-refractivity contribution >= 4 is 17.3 Å². The summed E-state index contributed by atoms with van der Waals surface area (Å²) in [7, 11) is 6.81. The van der Waals surface area contributed by atoms with Crippen LogP contribution in [0.2, 0.25) is 0 Å². The van der Waals surface area contributed by atoms with Crippen LogP contribution in [0.4, 0.5) is 15.8 Å². The quantitative estimate of drug-likeness (QED) is 0.574. The van der Waals surface area contributed by atoms with Gasteiger partial charge in [-0.05, 0) is 36.8 Å². The van der Waals surface area contributed by atoms with Gasteiger partial charge in [0.05, 0.1) is 26.5 Å². The van der Waals surface area contributed by atoms with Crippen molar-refractivity contribution in [2.24, 2.45) is 4.99 Å². The minimum Gasteiger partial charge on any atom is -0.493 e. The van der Waals surface area contributed by atoms with E-state index in [1.54, 1.807) is 25.2 Å². The molecule has 2 rings (SSSR count). The summed E-state index contributed by atoms with van der Waals surface area (Å²) in [6.07, 6.45) is 0. The predicted octanol–water partition coefficient (Wildman–Crippen LogP) is 3.49. The maximum absolute atomic E-state index is 14.1. The first-order valence-electron chi connectivity index (χ1n) is 8.71. The Labute approximate surface area is 160 Å². The first-order chi connectivity index (χ1) is 13.0. The number of halogens is 1. The summed E-state index contributed by atoms with van der Waals surface area (Å²) in [4.78, 5) is 6.28. The van der Waals surface area contributed by atoms with Gasteiger partial charge >= 0.3 is 0 Å². The Morgan fingerprint density at radius 1 is 1.07 bits per heavy atom. The number of nitrogens with one attached hydrogen (secondary N) is 2. The maximum atomic E-state index is 14.1. The Balaban J connectivity index is 2.16. The zero-order valence-corrected chi connectivity index (χ0v) is 16.5. The lowest BCUT2D eigenvalue weighted by Gasteiger charge is -2.15. The Bertz CT molecular complexity index is 794. The molecule has 2 aromatic carbocycles. The van der Waals surface area contributed by atoms with E-state index in [2.05, 4.69) is 15.6 Å². The third kappa shape index (κ3) is 5.51. The standard InChI is InChI=1S/C20H27FN4O2/c1-6-22-20(24-15-8-10-18(26-4)19(12-15)27-5)23-13-14-7-9-17(25(2)3)16(21)11-14/h7-12H,6,13H2,1-5H3,(H2,22,23,24). The summed E-state index contributed by atoms with van der Waals surface area (Å²) < 4.78 is 24.7. The van der Waals surface area contributed by atoms with Crippen molar-refractivity contribution in [3.8, 4) is 11.5 Å². The fourth-order valence-electron chi connectivity index (χ4n) is 2.54. The molecule has 6 nitrogen and oxygen atoms in total. The fraction of sp³-hybridized carbons (Fsp3) is 0.350. The lowest BCUT2D eigenvalue weighted by atomic mass is 10.2. The highest BCUT2D eigenvalue weighted by molar-refractivity contribution is 5.93. The van der Waals surface area contributed by atoms with Gasteiger partial charge in [0.2, 0.25) is 0 Å². The average Bonchev–Trinajstić information content (AvgIpc) is 2.65. The summed E-state index contributed by atoms with van der Waals surface area (Å²) in [5.74, 6) is 1.62. The van der Waals surface area contributed by atoms with E-state index in [1.165, 1.54) is 6.07 Å². The molecule has 0 aromatic heterocycles. The Hall–Kier alpha value is -2.96. The largest absolute Gasteiger partial charge is 0.493 e. The van der Waals surface area contributed by atoms with Gasteiger partial charge in [-0.25, -0.2) is 9.38 Å². The van der Waals surface area contributed by atoms with Crippen LogP contribution in [-0.4, -0.2) is 40.8 Å². The molecular weight excluding hydrogens is 347 g/mol. The maximum Gasteiger partial charge on any atom is 0.196 e. The molecule has 0 heterocycles. The highest BCUT2D eigenvalue weighted by atomic mass is 19.1. The molecule has 0 amide bonds. The average molecular weight is 374 g/mol. The second-order valence-corrected chi connectivity index (χ2v) is 6.07. The van der Waals surface area contributed by atoms with E-state index in [0.717, 1.165) is 11.3 Å². The van der Waals surface area contributed by atoms with Crippen LogP contribution in [0.25, 0.3) is 0 Å². The van der Waals surface area contributed by atoms with Crippen LogP contribution in [0.5, 0.6) is 11.5 Å². The van der Waals surface area contributed by atoms with E-state index in [-0.39, 0.29) is 5.82 Å². The Morgan fingerprint density at radius 3 is 2.41 bits per heavy atom. The number of guanidine groups is 1. The third-order valence-corrected chi connectivity index (χ3v) is 3.90. The van der Waals surface area contributed by atoms with Crippen LogP contribution in [0.3, 0.4) is 0 Å². The van der Waals surface area contributed by atoms with Gasteiger partial charge in [-0.1, -0.05) is 6.07 Å². The monoisotopic (exact) mass is 374 g/mol. The molecule has 0 aliphatic heterocycles. The van der Waals surface area contributed by atoms with Crippen LogP contribution in [-0.2, 0) is 6.54 Å². The molecule has 2 N–H and O–H groups in total. The number of hydrogen-bond acceptors (Lipinski definition) is 4. The molecular formula is C20H27FN4O2. The fourth-order valence-corrected chi connectivity index (χ4v) is 2.54. The summed E-state index contributed by atoms with van der Waals surface area (Å²) in [6.45, 7) is 3.04. The number of nitrogens with zero attached hydrogens (tertiary/aromatic N) is 2. The van der Waals surface area contributed by atoms with E-state index in [1.807, 2.05) is 45.3 Å². The van der Waals surface area contributed by atoms with Crippen molar-refractivity contribution in [3.63, 3.8) is 0 Å². The first kappa shape index (κ1) is 20.4. The van der Waals surface area contributed by atoms with Gasteiger partial charge in [0, 0.05) is 32.4 Å². The number of hydrogen-bond donors (Lipinski definition) is 2. The van der Waals surface area contributed by atoms with E-state index >= 15 is 0 Å². The number of ether oxygens (including phenoxy) is 2. The molecule has 0 fully saturated rings. The molecule has 0 bridgehead atoms. The van der Waals surface area contributed by atoms with Gasteiger partial charge < -0.3 is 25.0 Å². The molecule has 0 unspecified atom stereocenters. The molecule has 0 atom stereocenters. The van der Waals surface area contributed by atoms with Gasteiger partial charge in [-0.3, -0.25) is 0 Å². The molecule has 7 heteroatoms. The highest BCUT2D eigenvalue weighted by Crippen LogP contribution is 2.29. The molecule has 0 saturated carbocycles. The molecule has 146 valence electrons. The van der Waals surface area contributed by atoms with E-state index in [9.17, 15) is 4.39 Å². The van der Waals surface area contributed by atoms with Crippen LogP contribution in [0.15, 0.2) is 41.4 Å². The number of anilines is 2. The van der Waals surface area contributed by atoms with Crippen LogP contribution in [0, 0.1) is 5.82 Å². The SMILES string of the molecule is CCNC(=NCc1ccc(N(C)C)c(F)c1)Nc1ccc(OC)c(OC)c1. The minimum absolute atomic E-state index is 0.259. The molecule has 0 radical (unpaired) electrons. The summed E-state index contributed by atoms with van der Waals surface area (Å²) >= 11 is 0. The second kappa shape index (κ2) is 9.66. The van der Waals surface area contributed by atoms with Crippen LogP contribution in [0.1, 0.15) is 12.5 Å². The number of rotatable bonds is 7. The second-order valence-electron chi connectivity index (χ2n) is 6.07. The summed E-state index contributed by atoms with van der Waals surface area (Å²) in [6, 6.07) is 10.7. The van der Waals surface area contributed by atoms with Gasteiger partial charge in [-0.2, -0.15) is 0 Å². The van der Waals surface area contributed by atoms with Crippen molar-refractivity contribution in [1.82, 2.24) is 5.32 Å². The first-order valence-corrected chi connectivity index (χ1v) is 8.71. The topological polar surface area (TPSA) is 58.1 Å². The van der Waals surface area contributed by atoms with Crippen molar-refractivity contribution in [1.29, 1.82) is 0 Å². The van der Waals surface area contributed by atoms with E-state index < -0.39 is 0 Å². The lowest BCUT2D eigenvalue weighted by molar-refractivity contribution is 0.355. The summed E-state index contributed by atoms with van der Waals surface area (Å²) in [5.41, 5.74) is 2.15. The number of methoxy groups -OCH3 is 2. The van der Waals surface area contributed by atoms with Crippen molar-refractivity contribution in [2.75, 3.05) is 45.1 Å². The normalized spacial score (nSPS) is 11.1. The van der Waals surface area contributed by atoms with Gasteiger partial charge in [0.25, 0.3) is 0 Å². The molecule has 0 saturated heterocycles. The Kier molecular flexibility index (Phi) is 7.28. The smallest absolute Gasteiger partial charge is 0.196 e. The van der Waals surface area contributed by atoms with Crippen LogP contribution < -0.4 is 25.0 Å². The zero-order valence-electron chi connectivity index (χ0n) is 16.5. The van der Waals surface area contributed by atoms with Crippen molar-refractivity contribution < 1.29 is 13.9 Å². The van der Waals surface area contributed by atoms with Crippen molar-refractivity contribution in [2.45, 2.75) is 13.5 Å². The van der Waals surface area contributed by atoms with Crippen LogP contribution >= 0.6 is 0 Å². The minimum atomic E-state index is -0.259. The predicted molar refractivity (Wildman–Crippen MR) is 109 cm³/mol. The number of benzene rings is 2. The third-order valence-electron chi connectivity index (χ3n) is 3.90. The number of aliphatic imine (C=N–C) groups is 1.